The van der Waals surface area contributed by atoms with Crippen molar-refractivity contribution in [2.45, 2.75) is 174 Å². The minimum atomic E-state index is -1.97. The molecule has 3 aliphatic heterocycles. The van der Waals surface area contributed by atoms with Crippen LogP contribution >= 0.6 is 0 Å². The first-order valence-electron chi connectivity index (χ1n) is 20.9. The average Bonchev–Trinajstić information content (AvgIpc) is 3.19. The van der Waals surface area contributed by atoms with Gasteiger partial charge in [-0.15, -0.1) is 6.58 Å². The summed E-state index contributed by atoms with van der Waals surface area (Å²) in [4.78, 5) is 125. The van der Waals surface area contributed by atoms with E-state index < -0.39 is 171 Å². The number of carbonyl (C=O) groups is 10. The number of hydrogen-bond donors (Lipinski definition) is 0. The van der Waals surface area contributed by atoms with Crippen LogP contribution in [0.25, 0.3) is 0 Å². The molecule has 0 aromatic carbocycles. The first-order valence-corrected chi connectivity index (χ1v) is 20.9. The summed E-state index contributed by atoms with van der Waals surface area (Å²) < 4.78 is 86.6. The van der Waals surface area contributed by atoms with Gasteiger partial charge in [-0.2, -0.15) is 0 Å². The average molecular weight is 963 g/mol. The summed E-state index contributed by atoms with van der Waals surface area (Å²) in [5.74, 6) is -9.12. The molecule has 0 radical (unpaired) electrons. The van der Waals surface area contributed by atoms with Gasteiger partial charge < -0.3 is 71.1 Å². The van der Waals surface area contributed by atoms with E-state index in [2.05, 4.69) is 6.58 Å². The molecule has 0 N–H and O–H groups in total. The van der Waals surface area contributed by atoms with Crippen LogP contribution < -0.4 is 0 Å². The lowest BCUT2D eigenvalue weighted by Crippen LogP contribution is -2.68. The highest BCUT2D eigenvalue weighted by atomic mass is 16.8. The van der Waals surface area contributed by atoms with E-state index in [0.29, 0.717) is 6.42 Å². The molecule has 0 aliphatic carbocycles. The second-order valence-corrected chi connectivity index (χ2v) is 15.3. The summed E-state index contributed by atoms with van der Waals surface area (Å²) in [5, 5.41) is 0. The second-order valence-electron chi connectivity index (χ2n) is 15.3. The third-order valence-corrected chi connectivity index (χ3v) is 9.62. The summed E-state index contributed by atoms with van der Waals surface area (Å²) in [6.07, 6.45) is -22.9. The summed E-state index contributed by atoms with van der Waals surface area (Å²) in [5.41, 5.74) is 0. The molecule has 376 valence electrons. The van der Waals surface area contributed by atoms with Crippen molar-refractivity contribution in [3.63, 3.8) is 0 Å². The highest BCUT2D eigenvalue weighted by Crippen LogP contribution is 2.38. The monoisotopic (exact) mass is 962 g/mol. The van der Waals surface area contributed by atoms with Crippen LogP contribution in [0, 0.1) is 0 Å². The van der Waals surface area contributed by atoms with E-state index in [1.165, 1.54) is 0 Å². The fraction of sp³-hybridized carbons (Fsp3) is 0.714. The smallest absolute Gasteiger partial charge is 0.303 e. The van der Waals surface area contributed by atoms with E-state index >= 15 is 0 Å². The normalized spacial score (nSPS) is 31.3. The first kappa shape index (κ1) is 55.6. The Morgan fingerprint density at radius 1 is 0.358 bits per heavy atom. The van der Waals surface area contributed by atoms with Gasteiger partial charge in [0.05, 0.1) is 6.10 Å². The maximum atomic E-state index is 13.0. The van der Waals surface area contributed by atoms with Crippen molar-refractivity contribution < 1.29 is 119 Å². The lowest BCUT2D eigenvalue weighted by molar-refractivity contribution is -0.374. The topological polar surface area (TPSA) is 309 Å². The van der Waals surface area contributed by atoms with E-state index in [4.69, 9.17) is 71.1 Å². The Labute approximate surface area is 384 Å². The predicted molar refractivity (Wildman–Crippen MR) is 214 cm³/mol. The quantitative estimate of drug-likeness (QED) is 0.0891. The summed E-state index contributed by atoms with van der Waals surface area (Å²) in [6.45, 7) is 12.0. The van der Waals surface area contributed by atoms with Gasteiger partial charge in [-0.05, 0) is 12.8 Å². The maximum absolute atomic E-state index is 13.0. The highest BCUT2D eigenvalue weighted by molar-refractivity contribution is 5.70. The van der Waals surface area contributed by atoms with Gasteiger partial charge in [-0.25, -0.2) is 0 Å². The van der Waals surface area contributed by atoms with Gasteiger partial charge in [0.2, 0.25) is 0 Å². The SMILES string of the molecule is C=CCC[C@@H]1O[C@H](COC(C)=O)[C@@H](O[C@@H]2O[C@H](COC(C)=O)[C@@H](O[C@@H]3O[C@H](COC(C)=O)[C@@H](OC(C)=O)[C@H](OC(C)=O)[C@H]3OC(C)=O)[C@H](OC(C)=O)[C@H]2OC(C)=O)[C@H](OC(C)=O)[C@H]1OC(C)=O. The van der Waals surface area contributed by atoms with Crippen molar-refractivity contribution in [2.24, 2.45) is 0 Å². The molecule has 25 nitrogen and oxygen atoms in total. The van der Waals surface area contributed by atoms with Crippen molar-refractivity contribution in [2.75, 3.05) is 19.8 Å². The lowest BCUT2D eigenvalue weighted by Gasteiger charge is -2.50. The van der Waals surface area contributed by atoms with E-state index in [9.17, 15) is 47.9 Å². The molecule has 0 bridgehead atoms. The van der Waals surface area contributed by atoms with E-state index in [0.717, 1.165) is 69.2 Å². The molecule has 67 heavy (non-hydrogen) atoms. The van der Waals surface area contributed by atoms with Crippen molar-refractivity contribution in [1.82, 2.24) is 0 Å². The number of allylic oxidation sites excluding steroid dienone is 1. The molecule has 3 heterocycles. The molecule has 0 aromatic heterocycles. The van der Waals surface area contributed by atoms with Gasteiger partial charge in [-0.1, -0.05) is 6.08 Å². The minimum Gasteiger partial charge on any atom is -0.463 e. The number of rotatable bonds is 20. The minimum absolute atomic E-state index is 0.149. The lowest BCUT2D eigenvalue weighted by atomic mass is 9.91. The predicted octanol–water partition coefficient (Wildman–Crippen LogP) is 0.151. The van der Waals surface area contributed by atoms with Gasteiger partial charge in [-0.3, -0.25) is 47.9 Å². The third-order valence-electron chi connectivity index (χ3n) is 9.62. The zero-order valence-corrected chi connectivity index (χ0v) is 38.7. The number of carbonyl (C=O) groups excluding carboxylic acids is 10. The molecule has 25 heteroatoms. The van der Waals surface area contributed by atoms with Crippen molar-refractivity contribution >= 4 is 59.7 Å². The second kappa shape index (κ2) is 26.0. The highest BCUT2D eigenvalue weighted by Gasteiger charge is 2.60. The molecule has 0 aromatic rings. The third kappa shape index (κ3) is 17.1. The van der Waals surface area contributed by atoms with E-state index in [1.54, 1.807) is 6.08 Å². The Bertz CT molecular complexity index is 1810. The molecule has 0 amide bonds. The van der Waals surface area contributed by atoms with Crippen LogP contribution in [0.3, 0.4) is 0 Å². The summed E-state index contributed by atoms with van der Waals surface area (Å²) in [6, 6.07) is 0. The zero-order chi connectivity index (χ0) is 50.3. The Hall–Kier alpha value is -5.76. The van der Waals surface area contributed by atoms with Crippen molar-refractivity contribution in [3.8, 4) is 0 Å². The van der Waals surface area contributed by atoms with Gasteiger partial charge in [0, 0.05) is 69.2 Å². The van der Waals surface area contributed by atoms with Crippen molar-refractivity contribution in [3.05, 3.63) is 12.7 Å². The summed E-state index contributed by atoms with van der Waals surface area (Å²) >= 11 is 0. The Morgan fingerprint density at radius 2 is 0.627 bits per heavy atom. The Morgan fingerprint density at radius 3 is 0.955 bits per heavy atom. The Kier molecular flexibility index (Phi) is 21.5. The van der Waals surface area contributed by atoms with Gasteiger partial charge >= 0.3 is 59.7 Å². The number of esters is 10. The van der Waals surface area contributed by atoms with Gasteiger partial charge in [0.1, 0.15) is 50.3 Å². The van der Waals surface area contributed by atoms with Crippen LogP contribution in [0.2, 0.25) is 0 Å². The van der Waals surface area contributed by atoms with E-state index in [-0.39, 0.29) is 6.42 Å². The van der Waals surface area contributed by atoms with Crippen LogP contribution in [-0.2, 0) is 119 Å². The van der Waals surface area contributed by atoms with Gasteiger partial charge in [0.25, 0.3) is 0 Å². The van der Waals surface area contributed by atoms with Crippen molar-refractivity contribution in [1.29, 1.82) is 0 Å². The molecule has 0 unspecified atom stereocenters. The van der Waals surface area contributed by atoms with Crippen LogP contribution in [-0.4, -0.2) is 171 Å². The van der Waals surface area contributed by atoms with Crippen LogP contribution in [0.1, 0.15) is 82.1 Å². The van der Waals surface area contributed by atoms with Gasteiger partial charge in [0.15, 0.2) is 55.3 Å². The molecule has 3 rings (SSSR count). The fourth-order valence-corrected chi connectivity index (χ4v) is 7.40. The molecule has 3 aliphatic rings. The molecule has 0 spiro atoms. The largest absolute Gasteiger partial charge is 0.463 e. The molecular weight excluding hydrogens is 904 g/mol. The molecule has 3 saturated heterocycles. The molecule has 3 fully saturated rings. The molecular formula is C42H58O25. The summed E-state index contributed by atoms with van der Waals surface area (Å²) in [7, 11) is 0. The van der Waals surface area contributed by atoms with Crippen LogP contribution in [0.15, 0.2) is 12.7 Å². The maximum Gasteiger partial charge on any atom is 0.303 e. The van der Waals surface area contributed by atoms with E-state index in [1.807, 2.05) is 0 Å². The van der Waals surface area contributed by atoms with Crippen LogP contribution in [0.4, 0.5) is 0 Å². The van der Waals surface area contributed by atoms with Crippen LogP contribution in [0.5, 0.6) is 0 Å². The zero-order valence-electron chi connectivity index (χ0n) is 38.7. The first-order chi connectivity index (χ1) is 31.4. The standard InChI is InChI=1S/C42H58O25/c1-12-13-14-28-32(56-21(5)46)36(58-23(7)48)34(29(63-28)15-53-18(2)43)66-42-40(62-27(11)52)38(60-25(9)50)35(31(65-42)17-55-20(4)45)67-41-39(61-26(10)51)37(59-24(8)49)33(57-22(6)47)30(64-41)16-54-19(3)44/h12,28-42H,1,13-17H2,2-11H3/t28-,29+,30+,31+,32-,33+,34+,35+,36+,37-,38-,39+,40+,41-,42-/m0/s1. The number of ether oxygens (including phenoxy) is 15. The number of hydrogen-bond acceptors (Lipinski definition) is 25. The fourth-order valence-electron chi connectivity index (χ4n) is 7.40. The Balaban J connectivity index is 2.30. The molecule has 15 atom stereocenters. The molecule has 0 saturated carbocycles.